The van der Waals surface area contributed by atoms with Gasteiger partial charge in [-0.1, -0.05) is 6.07 Å². The summed E-state index contributed by atoms with van der Waals surface area (Å²) in [6.07, 6.45) is -0.438. The minimum atomic E-state index is -0.715. The Bertz CT molecular complexity index is 869. The third-order valence-corrected chi connectivity index (χ3v) is 4.37. The van der Waals surface area contributed by atoms with Crippen LogP contribution in [0.5, 0.6) is 0 Å². The molecule has 1 heterocycles. The summed E-state index contributed by atoms with van der Waals surface area (Å²) in [5, 5.41) is 0. The van der Waals surface area contributed by atoms with Crippen molar-refractivity contribution in [2.45, 2.75) is 59.6 Å². The molecule has 0 atom stereocenters. The molecule has 0 aromatic heterocycles. The summed E-state index contributed by atoms with van der Waals surface area (Å²) >= 11 is 0. The Hall–Kier alpha value is -3.23. The predicted molar refractivity (Wildman–Crippen MR) is 123 cm³/mol. The van der Waals surface area contributed by atoms with E-state index in [1.165, 1.54) is 6.92 Å². The summed E-state index contributed by atoms with van der Waals surface area (Å²) in [6.45, 7) is 13.1. The van der Waals surface area contributed by atoms with Crippen molar-refractivity contribution in [3.05, 3.63) is 35.5 Å². The van der Waals surface area contributed by atoms with E-state index in [2.05, 4.69) is 9.73 Å². The van der Waals surface area contributed by atoms with Gasteiger partial charge >= 0.3 is 12.1 Å². The van der Waals surface area contributed by atoms with E-state index < -0.39 is 17.2 Å². The first kappa shape index (κ1) is 25.8. The summed E-state index contributed by atoms with van der Waals surface area (Å²) in [7, 11) is 0. The summed E-state index contributed by atoms with van der Waals surface area (Å²) in [4.78, 5) is 28.3. The third kappa shape index (κ3) is 7.51. The van der Waals surface area contributed by atoms with Gasteiger partial charge in [0.05, 0.1) is 24.4 Å². The van der Waals surface area contributed by atoms with Crippen LogP contribution < -0.4 is 17.2 Å². The molecule has 6 N–H and O–H groups in total. The molecule has 0 aliphatic carbocycles. The smallest absolute Gasteiger partial charge is 0.411 e. The SMILES string of the molecule is CC(C)(C)OC(=O)N1CC(C(N)=Nc2cccc(N)c2)=C(N)C1(C)C.CCOC(C)=O. The van der Waals surface area contributed by atoms with Gasteiger partial charge in [-0.05, 0) is 59.7 Å². The molecule has 2 rings (SSSR count). The highest BCUT2D eigenvalue weighted by molar-refractivity contribution is 6.01. The molecular weight excluding hydrogens is 398 g/mol. The number of nitrogens with two attached hydrogens (primary N) is 3. The molecule has 31 heavy (non-hydrogen) atoms. The summed E-state index contributed by atoms with van der Waals surface area (Å²) in [5.74, 6) is 0.0553. The number of ether oxygens (including phenoxy) is 2. The van der Waals surface area contributed by atoms with Crippen molar-refractivity contribution in [3.8, 4) is 0 Å². The van der Waals surface area contributed by atoms with E-state index in [4.69, 9.17) is 21.9 Å². The average Bonchev–Trinajstić information content (AvgIpc) is 2.84. The molecule has 0 bridgehead atoms. The van der Waals surface area contributed by atoms with Gasteiger partial charge in [0.25, 0.3) is 0 Å². The lowest BCUT2D eigenvalue weighted by Gasteiger charge is -2.34. The number of hydrogen-bond acceptors (Lipinski definition) is 7. The maximum Gasteiger partial charge on any atom is 0.411 e. The monoisotopic (exact) mass is 433 g/mol. The number of amides is 1. The third-order valence-electron chi connectivity index (χ3n) is 4.37. The van der Waals surface area contributed by atoms with Crippen LogP contribution in [0.1, 0.15) is 48.5 Å². The number of amidine groups is 1. The van der Waals surface area contributed by atoms with Gasteiger partial charge in [-0.25, -0.2) is 9.79 Å². The number of hydrogen-bond donors (Lipinski definition) is 3. The number of rotatable bonds is 3. The van der Waals surface area contributed by atoms with Crippen molar-refractivity contribution in [1.82, 2.24) is 4.90 Å². The molecule has 1 aromatic carbocycles. The molecule has 0 saturated carbocycles. The van der Waals surface area contributed by atoms with E-state index in [0.717, 1.165) is 0 Å². The van der Waals surface area contributed by atoms with Gasteiger partial charge in [-0.15, -0.1) is 0 Å². The van der Waals surface area contributed by atoms with Crippen LogP contribution in [0.25, 0.3) is 0 Å². The Labute approximate surface area is 184 Å². The van der Waals surface area contributed by atoms with E-state index in [0.29, 0.717) is 29.3 Å². The first-order valence-electron chi connectivity index (χ1n) is 10.0. The molecular formula is C22H35N5O4. The van der Waals surface area contributed by atoms with Crippen LogP contribution in [0.15, 0.2) is 40.5 Å². The summed E-state index contributed by atoms with van der Waals surface area (Å²) in [6, 6.07) is 7.08. The zero-order chi connectivity index (χ0) is 24.0. The molecule has 9 heteroatoms. The highest BCUT2D eigenvalue weighted by atomic mass is 16.6. The van der Waals surface area contributed by atoms with Gasteiger partial charge in [-0.3, -0.25) is 9.69 Å². The lowest BCUT2D eigenvalue weighted by atomic mass is 10.0. The number of benzene rings is 1. The maximum absolute atomic E-state index is 12.5. The van der Waals surface area contributed by atoms with Crippen LogP contribution in [-0.2, 0) is 14.3 Å². The number of carbonyl (C=O) groups excluding carboxylic acids is 2. The van der Waals surface area contributed by atoms with E-state index in [1.54, 1.807) is 36.1 Å². The minimum Gasteiger partial charge on any atom is -0.466 e. The van der Waals surface area contributed by atoms with Crippen LogP contribution in [-0.4, -0.2) is 47.1 Å². The van der Waals surface area contributed by atoms with Crippen LogP contribution >= 0.6 is 0 Å². The first-order valence-corrected chi connectivity index (χ1v) is 10.0. The predicted octanol–water partition coefficient (Wildman–Crippen LogP) is 3.07. The largest absolute Gasteiger partial charge is 0.466 e. The van der Waals surface area contributed by atoms with Gasteiger partial charge in [0, 0.05) is 23.9 Å². The zero-order valence-corrected chi connectivity index (χ0v) is 19.5. The Kier molecular flexibility index (Phi) is 8.48. The molecule has 1 aliphatic rings. The average molecular weight is 434 g/mol. The normalized spacial score (nSPS) is 15.8. The Balaban J connectivity index is 0.000000703. The number of carbonyl (C=O) groups is 2. The molecule has 0 unspecified atom stereocenters. The molecule has 0 fully saturated rings. The molecule has 172 valence electrons. The molecule has 1 aliphatic heterocycles. The summed E-state index contributed by atoms with van der Waals surface area (Å²) in [5.41, 5.74) is 19.2. The van der Waals surface area contributed by atoms with E-state index in [1.807, 2.05) is 34.6 Å². The minimum absolute atomic E-state index is 0.211. The van der Waals surface area contributed by atoms with E-state index >= 15 is 0 Å². The molecule has 9 nitrogen and oxygen atoms in total. The molecule has 1 amide bonds. The van der Waals surface area contributed by atoms with Crippen LogP contribution in [0, 0.1) is 0 Å². The van der Waals surface area contributed by atoms with Crippen molar-refractivity contribution in [1.29, 1.82) is 0 Å². The lowest BCUT2D eigenvalue weighted by Crippen LogP contribution is -2.48. The second kappa shape index (κ2) is 10.2. The maximum atomic E-state index is 12.5. The van der Waals surface area contributed by atoms with Gasteiger partial charge in [0.2, 0.25) is 0 Å². The van der Waals surface area contributed by atoms with Crippen LogP contribution in [0.4, 0.5) is 16.2 Å². The highest BCUT2D eigenvalue weighted by Crippen LogP contribution is 2.33. The van der Waals surface area contributed by atoms with Crippen molar-refractivity contribution in [2.75, 3.05) is 18.9 Å². The quantitative estimate of drug-likeness (QED) is 0.287. The zero-order valence-electron chi connectivity index (χ0n) is 19.5. The van der Waals surface area contributed by atoms with E-state index in [9.17, 15) is 9.59 Å². The number of nitrogens with zero attached hydrogens (tertiary/aromatic N) is 2. The fraction of sp³-hybridized carbons (Fsp3) is 0.500. The van der Waals surface area contributed by atoms with Gasteiger partial charge < -0.3 is 26.7 Å². The van der Waals surface area contributed by atoms with Crippen molar-refractivity contribution < 1.29 is 19.1 Å². The lowest BCUT2D eigenvalue weighted by molar-refractivity contribution is -0.140. The Morgan fingerprint density at radius 3 is 2.29 bits per heavy atom. The number of nitrogen functional groups attached to an aromatic ring is 1. The van der Waals surface area contributed by atoms with Crippen molar-refractivity contribution >= 4 is 29.3 Å². The number of aliphatic imine (C=N–C) groups is 1. The van der Waals surface area contributed by atoms with Gasteiger partial charge in [-0.2, -0.15) is 0 Å². The fourth-order valence-electron chi connectivity index (χ4n) is 2.79. The molecule has 0 saturated heterocycles. The fourth-order valence-corrected chi connectivity index (χ4v) is 2.79. The molecule has 1 aromatic rings. The van der Waals surface area contributed by atoms with E-state index in [-0.39, 0.29) is 18.3 Å². The second-order valence-electron chi connectivity index (χ2n) is 8.53. The molecule has 0 radical (unpaired) electrons. The molecule has 0 spiro atoms. The Morgan fingerprint density at radius 1 is 1.23 bits per heavy atom. The standard InChI is InChI=1S/C18H27N5O2.C4H8O2/c1-17(2,3)25-16(24)23-10-13(14(20)18(23,4)5)15(21)22-12-8-6-7-11(19)9-12;1-3-6-4(2)5/h6-9H,10,19-20H2,1-5H3,(H2,21,22);3H2,1-2H3. The topological polar surface area (TPSA) is 146 Å². The van der Waals surface area contributed by atoms with Gasteiger partial charge in [0.1, 0.15) is 11.4 Å². The van der Waals surface area contributed by atoms with Crippen LogP contribution in [0.2, 0.25) is 0 Å². The van der Waals surface area contributed by atoms with Gasteiger partial charge in [0.15, 0.2) is 0 Å². The Morgan fingerprint density at radius 2 is 1.84 bits per heavy atom. The van der Waals surface area contributed by atoms with Crippen molar-refractivity contribution in [2.24, 2.45) is 16.5 Å². The number of anilines is 1. The first-order chi connectivity index (χ1) is 14.2. The van der Waals surface area contributed by atoms with Crippen LogP contribution in [0.3, 0.4) is 0 Å². The van der Waals surface area contributed by atoms with Crippen molar-refractivity contribution in [3.63, 3.8) is 0 Å². The highest BCUT2D eigenvalue weighted by Gasteiger charge is 2.43. The number of esters is 1. The second-order valence-corrected chi connectivity index (χ2v) is 8.53. The summed E-state index contributed by atoms with van der Waals surface area (Å²) < 4.78 is 9.88.